The van der Waals surface area contributed by atoms with Crippen molar-refractivity contribution in [1.82, 2.24) is 15.1 Å². The Kier molecular flexibility index (Phi) is 6.40. The molecule has 0 aliphatic rings. The topological polar surface area (TPSA) is 46.9 Å². The van der Waals surface area contributed by atoms with Crippen LogP contribution in [0.5, 0.6) is 0 Å². The molecule has 0 aliphatic carbocycles. The van der Waals surface area contributed by atoms with Crippen LogP contribution in [0.15, 0.2) is 46.9 Å². The van der Waals surface area contributed by atoms with E-state index in [0.717, 1.165) is 20.9 Å². The SMILES string of the molecule is CC.Cn1nc(C(=O)NCc2ccc(Cl)cc2)c2c(Br)cccc21. The monoisotopic (exact) mass is 407 g/mol. The van der Waals surface area contributed by atoms with E-state index in [0.29, 0.717) is 17.3 Å². The van der Waals surface area contributed by atoms with E-state index >= 15 is 0 Å². The molecule has 0 saturated heterocycles. The molecule has 0 spiro atoms. The van der Waals surface area contributed by atoms with Gasteiger partial charge in [-0.1, -0.05) is 59.6 Å². The molecular weight excluding hydrogens is 390 g/mol. The molecule has 126 valence electrons. The minimum atomic E-state index is -0.201. The Balaban J connectivity index is 0.00000100. The summed E-state index contributed by atoms with van der Waals surface area (Å²) in [6.07, 6.45) is 0. The summed E-state index contributed by atoms with van der Waals surface area (Å²) < 4.78 is 2.56. The van der Waals surface area contributed by atoms with E-state index in [2.05, 4.69) is 26.3 Å². The molecule has 3 aromatic rings. The standard InChI is InChI=1S/C16H13BrClN3O.C2H6/c1-21-13-4-2-3-12(17)14(13)15(20-21)16(22)19-9-10-5-7-11(18)8-6-10;1-2/h2-8H,9H2,1H3,(H,19,22);1-2H3. The Hall–Kier alpha value is -1.85. The number of aryl methyl sites for hydroxylation is 1. The van der Waals surface area contributed by atoms with Crippen LogP contribution >= 0.6 is 27.5 Å². The Morgan fingerprint density at radius 2 is 1.88 bits per heavy atom. The average Bonchev–Trinajstić information content (AvgIpc) is 2.94. The molecule has 24 heavy (non-hydrogen) atoms. The number of hydrogen-bond acceptors (Lipinski definition) is 2. The van der Waals surface area contributed by atoms with Crippen LogP contribution in [0.4, 0.5) is 0 Å². The molecule has 0 fully saturated rings. The maximum atomic E-state index is 12.4. The van der Waals surface area contributed by atoms with E-state index in [9.17, 15) is 4.79 Å². The normalized spacial score (nSPS) is 10.2. The van der Waals surface area contributed by atoms with Crippen molar-refractivity contribution in [3.8, 4) is 0 Å². The molecule has 1 N–H and O–H groups in total. The summed E-state index contributed by atoms with van der Waals surface area (Å²) in [5, 5.41) is 8.71. The van der Waals surface area contributed by atoms with Gasteiger partial charge in [-0.25, -0.2) is 0 Å². The van der Waals surface area contributed by atoms with Gasteiger partial charge in [-0.05, 0) is 29.8 Å². The number of benzene rings is 2. The number of nitrogens with zero attached hydrogens (tertiary/aromatic N) is 2. The Morgan fingerprint density at radius 1 is 1.21 bits per heavy atom. The van der Waals surface area contributed by atoms with Crippen LogP contribution in [0.1, 0.15) is 29.9 Å². The number of carbonyl (C=O) groups is 1. The molecule has 1 amide bonds. The fourth-order valence-electron chi connectivity index (χ4n) is 2.30. The van der Waals surface area contributed by atoms with E-state index in [1.165, 1.54) is 0 Å². The van der Waals surface area contributed by atoms with Gasteiger partial charge in [0.05, 0.1) is 5.52 Å². The van der Waals surface area contributed by atoms with E-state index in [4.69, 9.17) is 11.6 Å². The van der Waals surface area contributed by atoms with Gasteiger partial charge in [-0.3, -0.25) is 9.48 Å². The highest BCUT2D eigenvalue weighted by Gasteiger charge is 2.17. The third-order valence-corrected chi connectivity index (χ3v) is 4.32. The Labute approximate surface area is 154 Å². The molecule has 4 nitrogen and oxygen atoms in total. The fourth-order valence-corrected chi connectivity index (χ4v) is 2.97. The highest BCUT2D eigenvalue weighted by Crippen LogP contribution is 2.26. The molecule has 0 bridgehead atoms. The first kappa shape index (κ1) is 18.5. The second-order valence-electron chi connectivity index (χ2n) is 4.92. The first-order valence-electron chi connectivity index (χ1n) is 7.70. The second kappa shape index (κ2) is 8.31. The molecule has 0 saturated carbocycles. The van der Waals surface area contributed by atoms with Gasteiger partial charge in [0, 0.05) is 28.5 Å². The third kappa shape index (κ3) is 3.97. The second-order valence-corrected chi connectivity index (χ2v) is 6.21. The lowest BCUT2D eigenvalue weighted by Gasteiger charge is -2.04. The average molecular weight is 409 g/mol. The van der Waals surface area contributed by atoms with Crippen molar-refractivity contribution in [3.05, 3.63) is 63.2 Å². The molecule has 6 heteroatoms. The number of aromatic nitrogens is 2. The van der Waals surface area contributed by atoms with Crippen LogP contribution in [0.3, 0.4) is 0 Å². The maximum Gasteiger partial charge on any atom is 0.272 e. The molecule has 0 aliphatic heterocycles. The van der Waals surface area contributed by atoms with Crippen LogP contribution in [0.2, 0.25) is 5.02 Å². The summed E-state index contributed by atoms with van der Waals surface area (Å²) in [6, 6.07) is 13.1. The van der Waals surface area contributed by atoms with Crippen molar-refractivity contribution < 1.29 is 4.79 Å². The zero-order valence-corrected chi connectivity index (χ0v) is 16.1. The summed E-state index contributed by atoms with van der Waals surface area (Å²) in [7, 11) is 1.82. The summed E-state index contributed by atoms with van der Waals surface area (Å²) in [5.41, 5.74) is 2.31. The Morgan fingerprint density at radius 3 is 2.54 bits per heavy atom. The van der Waals surface area contributed by atoms with E-state index in [-0.39, 0.29) is 5.91 Å². The van der Waals surface area contributed by atoms with Gasteiger partial charge >= 0.3 is 0 Å². The first-order valence-corrected chi connectivity index (χ1v) is 8.87. The number of fused-ring (bicyclic) bond motifs is 1. The minimum absolute atomic E-state index is 0.201. The van der Waals surface area contributed by atoms with Crippen molar-refractivity contribution in [2.24, 2.45) is 7.05 Å². The number of amides is 1. The molecule has 0 atom stereocenters. The van der Waals surface area contributed by atoms with Crippen molar-refractivity contribution in [2.75, 3.05) is 0 Å². The predicted octanol–water partition coefficient (Wildman–Crippen LogP) is 4.95. The van der Waals surface area contributed by atoms with Crippen molar-refractivity contribution >= 4 is 44.3 Å². The van der Waals surface area contributed by atoms with Crippen LogP contribution in [0, 0.1) is 0 Å². The fraction of sp³-hybridized carbons (Fsp3) is 0.222. The summed E-state index contributed by atoms with van der Waals surface area (Å²) in [6.45, 7) is 4.43. The van der Waals surface area contributed by atoms with Gasteiger partial charge in [0.15, 0.2) is 5.69 Å². The smallest absolute Gasteiger partial charge is 0.272 e. The molecule has 1 aromatic heterocycles. The van der Waals surface area contributed by atoms with Crippen LogP contribution in [-0.4, -0.2) is 15.7 Å². The predicted molar refractivity (Wildman–Crippen MR) is 102 cm³/mol. The molecular formula is C18H19BrClN3O. The molecule has 3 rings (SSSR count). The maximum absolute atomic E-state index is 12.4. The number of carbonyl (C=O) groups excluding carboxylic acids is 1. The largest absolute Gasteiger partial charge is 0.347 e. The number of hydrogen-bond donors (Lipinski definition) is 1. The Bertz CT molecular complexity index is 843. The van der Waals surface area contributed by atoms with E-state index < -0.39 is 0 Å². The van der Waals surface area contributed by atoms with Crippen molar-refractivity contribution in [1.29, 1.82) is 0 Å². The highest BCUT2D eigenvalue weighted by atomic mass is 79.9. The van der Waals surface area contributed by atoms with Crippen molar-refractivity contribution in [3.63, 3.8) is 0 Å². The lowest BCUT2D eigenvalue weighted by atomic mass is 10.2. The van der Waals surface area contributed by atoms with Crippen LogP contribution < -0.4 is 5.32 Å². The quantitative estimate of drug-likeness (QED) is 0.667. The third-order valence-electron chi connectivity index (χ3n) is 3.41. The number of halogens is 2. The summed E-state index contributed by atoms with van der Waals surface area (Å²) >= 11 is 9.34. The van der Waals surface area contributed by atoms with Crippen LogP contribution in [-0.2, 0) is 13.6 Å². The molecule has 0 radical (unpaired) electrons. The first-order chi connectivity index (χ1) is 11.6. The lowest BCUT2D eigenvalue weighted by molar-refractivity contribution is 0.0946. The minimum Gasteiger partial charge on any atom is -0.347 e. The summed E-state index contributed by atoms with van der Waals surface area (Å²) in [4.78, 5) is 12.4. The summed E-state index contributed by atoms with van der Waals surface area (Å²) in [5.74, 6) is -0.201. The van der Waals surface area contributed by atoms with Gasteiger partial charge in [0.2, 0.25) is 0 Å². The van der Waals surface area contributed by atoms with Gasteiger partial charge in [-0.15, -0.1) is 0 Å². The van der Waals surface area contributed by atoms with E-state index in [1.54, 1.807) is 16.8 Å². The molecule has 0 unspecified atom stereocenters. The zero-order valence-electron chi connectivity index (χ0n) is 13.8. The number of nitrogens with one attached hydrogen (secondary N) is 1. The van der Waals surface area contributed by atoms with Gasteiger partial charge in [0.1, 0.15) is 0 Å². The lowest BCUT2D eigenvalue weighted by Crippen LogP contribution is -2.23. The highest BCUT2D eigenvalue weighted by molar-refractivity contribution is 9.10. The number of rotatable bonds is 3. The van der Waals surface area contributed by atoms with Crippen LogP contribution in [0.25, 0.3) is 10.9 Å². The zero-order chi connectivity index (χ0) is 17.7. The molecule has 1 heterocycles. The van der Waals surface area contributed by atoms with E-state index in [1.807, 2.05) is 51.2 Å². The van der Waals surface area contributed by atoms with Gasteiger partial charge in [-0.2, -0.15) is 5.10 Å². The van der Waals surface area contributed by atoms with Crippen molar-refractivity contribution in [2.45, 2.75) is 20.4 Å². The molecule has 2 aromatic carbocycles. The van der Waals surface area contributed by atoms with Gasteiger partial charge < -0.3 is 5.32 Å². The van der Waals surface area contributed by atoms with Gasteiger partial charge in [0.25, 0.3) is 5.91 Å².